The predicted molar refractivity (Wildman–Crippen MR) is 107 cm³/mol. The maximum absolute atomic E-state index is 12.1. The highest BCUT2D eigenvalue weighted by Crippen LogP contribution is 2.25. The molecule has 142 valence electrons. The average molecular weight is 388 g/mol. The first kappa shape index (κ1) is 19.0. The molecule has 0 atom stereocenters. The summed E-state index contributed by atoms with van der Waals surface area (Å²) in [5, 5.41) is 3.20. The van der Waals surface area contributed by atoms with Gasteiger partial charge in [0, 0.05) is 35.2 Å². The SMILES string of the molecule is Cc1cc(N2CCCC2)ccc1NC(=O)COC(=O)c1ccc(Cl)cc1N. The van der Waals surface area contributed by atoms with E-state index in [0.29, 0.717) is 10.7 Å². The van der Waals surface area contributed by atoms with Gasteiger partial charge in [-0.2, -0.15) is 0 Å². The molecule has 0 aromatic heterocycles. The monoisotopic (exact) mass is 387 g/mol. The van der Waals surface area contributed by atoms with Crippen LogP contribution in [0.4, 0.5) is 17.1 Å². The number of nitrogens with one attached hydrogen (secondary N) is 1. The summed E-state index contributed by atoms with van der Waals surface area (Å²) in [4.78, 5) is 26.5. The number of carbonyl (C=O) groups excluding carboxylic acids is 2. The van der Waals surface area contributed by atoms with E-state index in [0.717, 1.165) is 24.3 Å². The van der Waals surface area contributed by atoms with Crippen LogP contribution in [0.15, 0.2) is 36.4 Å². The molecular weight excluding hydrogens is 366 g/mol. The maximum atomic E-state index is 12.1. The van der Waals surface area contributed by atoms with Gasteiger partial charge in [-0.25, -0.2) is 4.79 Å². The molecule has 1 amide bonds. The molecule has 2 aromatic carbocycles. The number of nitrogen functional groups attached to an aromatic ring is 1. The van der Waals surface area contributed by atoms with E-state index in [-0.39, 0.29) is 11.3 Å². The summed E-state index contributed by atoms with van der Waals surface area (Å²) in [6, 6.07) is 10.4. The Bertz CT molecular complexity index is 864. The van der Waals surface area contributed by atoms with Gasteiger partial charge >= 0.3 is 5.97 Å². The summed E-state index contributed by atoms with van der Waals surface area (Å²) >= 11 is 5.81. The van der Waals surface area contributed by atoms with Gasteiger partial charge in [-0.3, -0.25) is 4.79 Å². The molecule has 0 unspecified atom stereocenters. The lowest BCUT2D eigenvalue weighted by atomic mass is 10.1. The number of amides is 1. The molecule has 0 radical (unpaired) electrons. The number of aryl methyl sites for hydroxylation is 1. The van der Waals surface area contributed by atoms with Gasteiger partial charge in [0.2, 0.25) is 0 Å². The maximum Gasteiger partial charge on any atom is 0.340 e. The van der Waals surface area contributed by atoms with Crippen molar-refractivity contribution in [1.82, 2.24) is 0 Å². The number of halogens is 1. The van der Waals surface area contributed by atoms with Crippen LogP contribution in [-0.4, -0.2) is 31.6 Å². The fourth-order valence-electron chi connectivity index (χ4n) is 3.07. The van der Waals surface area contributed by atoms with Crippen LogP contribution >= 0.6 is 11.6 Å². The fourth-order valence-corrected chi connectivity index (χ4v) is 3.26. The quantitative estimate of drug-likeness (QED) is 0.604. The van der Waals surface area contributed by atoms with Crippen LogP contribution in [0.1, 0.15) is 28.8 Å². The molecule has 0 bridgehead atoms. The Morgan fingerprint density at radius 1 is 1.19 bits per heavy atom. The predicted octanol–water partition coefficient (Wildman–Crippen LogP) is 3.63. The van der Waals surface area contributed by atoms with Gasteiger partial charge in [0.25, 0.3) is 5.91 Å². The summed E-state index contributed by atoms with van der Waals surface area (Å²) in [6.07, 6.45) is 2.42. The number of nitrogens with zero attached hydrogens (tertiary/aromatic N) is 1. The molecule has 0 spiro atoms. The zero-order valence-electron chi connectivity index (χ0n) is 15.1. The van der Waals surface area contributed by atoms with Crippen LogP contribution in [0, 0.1) is 6.92 Å². The second-order valence-electron chi connectivity index (χ2n) is 6.55. The molecule has 0 saturated carbocycles. The lowest BCUT2D eigenvalue weighted by molar-refractivity contribution is -0.119. The third-order valence-corrected chi connectivity index (χ3v) is 4.76. The lowest BCUT2D eigenvalue weighted by Crippen LogP contribution is -2.22. The number of anilines is 3. The van der Waals surface area contributed by atoms with Crippen molar-refractivity contribution in [2.45, 2.75) is 19.8 Å². The molecule has 1 fully saturated rings. The van der Waals surface area contributed by atoms with Crippen molar-refractivity contribution in [1.29, 1.82) is 0 Å². The number of nitrogens with two attached hydrogens (primary N) is 1. The van der Waals surface area contributed by atoms with Crippen LogP contribution < -0.4 is 16.0 Å². The van der Waals surface area contributed by atoms with Crippen LogP contribution in [-0.2, 0) is 9.53 Å². The number of ether oxygens (including phenoxy) is 1. The van der Waals surface area contributed by atoms with Crippen molar-refractivity contribution >= 4 is 40.5 Å². The van der Waals surface area contributed by atoms with E-state index in [1.807, 2.05) is 19.1 Å². The van der Waals surface area contributed by atoms with Gasteiger partial charge in [0.15, 0.2) is 6.61 Å². The number of carbonyl (C=O) groups is 2. The molecule has 7 heteroatoms. The summed E-state index contributed by atoms with van der Waals surface area (Å²) in [5.41, 5.74) is 8.95. The van der Waals surface area contributed by atoms with Crippen LogP contribution in [0.2, 0.25) is 5.02 Å². The summed E-state index contributed by atoms with van der Waals surface area (Å²) < 4.78 is 5.05. The van der Waals surface area contributed by atoms with E-state index in [2.05, 4.69) is 16.3 Å². The van der Waals surface area contributed by atoms with Crippen molar-refractivity contribution in [2.75, 3.05) is 35.6 Å². The van der Waals surface area contributed by atoms with Gasteiger partial charge in [0.1, 0.15) is 0 Å². The van der Waals surface area contributed by atoms with E-state index in [1.165, 1.54) is 25.0 Å². The minimum atomic E-state index is -0.666. The second-order valence-corrected chi connectivity index (χ2v) is 6.99. The standard InChI is InChI=1S/C20H22ClN3O3/c1-13-10-15(24-8-2-3-9-24)5-7-18(13)23-19(25)12-27-20(26)16-6-4-14(21)11-17(16)22/h4-7,10-11H,2-3,8-9,12,22H2,1H3,(H,23,25). The minimum absolute atomic E-state index is 0.179. The average Bonchev–Trinajstić information content (AvgIpc) is 3.16. The lowest BCUT2D eigenvalue weighted by Gasteiger charge is -2.19. The van der Waals surface area contributed by atoms with E-state index in [4.69, 9.17) is 22.1 Å². The van der Waals surface area contributed by atoms with E-state index < -0.39 is 18.5 Å². The number of hydrogen-bond donors (Lipinski definition) is 2. The van der Waals surface area contributed by atoms with Crippen molar-refractivity contribution in [3.8, 4) is 0 Å². The highest BCUT2D eigenvalue weighted by atomic mass is 35.5. The Hall–Kier alpha value is -2.73. The molecule has 1 aliphatic heterocycles. The Kier molecular flexibility index (Phi) is 5.86. The highest BCUT2D eigenvalue weighted by Gasteiger charge is 2.16. The number of benzene rings is 2. The summed E-state index contributed by atoms with van der Waals surface area (Å²) in [6.45, 7) is 3.67. The van der Waals surface area contributed by atoms with Crippen molar-refractivity contribution in [3.05, 3.63) is 52.5 Å². The number of hydrogen-bond acceptors (Lipinski definition) is 5. The third-order valence-electron chi connectivity index (χ3n) is 4.52. The van der Waals surface area contributed by atoms with Crippen LogP contribution in [0.3, 0.4) is 0 Å². The molecule has 3 N–H and O–H groups in total. The Morgan fingerprint density at radius 2 is 1.93 bits per heavy atom. The van der Waals surface area contributed by atoms with Crippen molar-refractivity contribution in [3.63, 3.8) is 0 Å². The molecule has 1 aliphatic rings. The number of rotatable bonds is 5. The first-order valence-corrected chi connectivity index (χ1v) is 9.19. The van der Waals surface area contributed by atoms with E-state index >= 15 is 0 Å². The van der Waals surface area contributed by atoms with E-state index in [9.17, 15) is 9.59 Å². The Morgan fingerprint density at radius 3 is 2.59 bits per heavy atom. The molecular formula is C20H22ClN3O3. The van der Waals surface area contributed by atoms with Gasteiger partial charge in [0.05, 0.1) is 5.56 Å². The second kappa shape index (κ2) is 8.31. The Labute approximate surface area is 163 Å². The first-order chi connectivity index (χ1) is 12.9. The largest absolute Gasteiger partial charge is 0.452 e. The number of esters is 1. The van der Waals surface area contributed by atoms with E-state index in [1.54, 1.807) is 6.07 Å². The van der Waals surface area contributed by atoms with Crippen molar-refractivity contribution in [2.24, 2.45) is 0 Å². The molecule has 2 aromatic rings. The smallest absolute Gasteiger partial charge is 0.340 e. The fraction of sp³-hybridized carbons (Fsp3) is 0.300. The van der Waals surface area contributed by atoms with Gasteiger partial charge in [-0.1, -0.05) is 11.6 Å². The molecule has 6 nitrogen and oxygen atoms in total. The molecule has 3 rings (SSSR count). The van der Waals surface area contributed by atoms with Crippen LogP contribution in [0.5, 0.6) is 0 Å². The summed E-state index contributed by atoms with van der Waals surface area (Å²) in [7, 11) is 0. The Balaban J connectivity index is 1.56. The molecule has 1 heterocycles. The zero-order chi connectivity index (χ0) is 19.4. The summed E-state index contributed by atoms with van der Waals surface area (Å²) in [5.74, 6) is -1.08. The van der Waals surface area contributed by atoms with Crippen molar-refractivity contribution < 1.29 is 14.3 Å². The first-order valence-electron chi connectivity index (χ1n) is 8.81. The highest BCUT2D eigenvalue weighted by molar-refractivity contribution is 6.31. The van der Waals surface area contributed by atoms with Crippen LogP contribution in [0.25, 0.3) is 0 Å². The zero-order valence-corrected chi connectivity index (χ0v) is 15.9. The molecule has 1 saturated heterocycles. The van der Waals surface area contributed by atoms with Gasteiger partial charge in [-0.05, 0) is 61.7 Å². The topological polar surface area (TPSA) is 84.7 Å². The molecule has 0 aliphatic carbocycles. The third kappa shape index (κ3) is 4.71. The van der Waals surface area contributed by atoms with Gasteiger partial charge < -0.3 is 20.7 Å². The molecule has 27 heavy (non-hydrogen) atoms. The minimum Gasteiger partial charge on any atom is -0.452 e. The normalized spacial score (nSPS) is 13.5. The van der Waals surface area contributed by atoms with Gasteiger partial charge in [-0.15, -0.1) is 0 Å².